The van der Waals surface area contributed by atoms with Gasteiger partial charge in [0.15, 0.2) is 0 Å². The minimum absolute atomic E-state index is 0.294. The SMILES string of the molecule is CCCCCCCCCCCCCCCCCCCCCCOC(=O)NCCCCCCCCCC(C(=O)O)C(C)C(F)CCCCCCC. The normalized spacial score (nSPS) is 13.3. The monoisotopic (exact) mass is 712 g/mol. The first kappa shape index (κ1) is 48.7. The van der Waals surface area contributed by atoms with E-state index in [1.807, 2.05) is 0 Å². The Kier molecular flexibility index (Phi) is 37.9. The highest BCUT2D eigenvalue weighted by molar-refractivity contribution is 5.70. The third-order valence-corrected chi connectivity index (χ3v) is 10.8. The second kappa shape index (κ2) is 38.9. The number of amides is 1. The molecule has 2 N–H and O–H groups in total. The van der Waals surface area contributed by atoms with Gasteiger partial charge in [0.2, 0.25) is 0 Å². The predicted molar refractivity (Wildman–Crippen MR) is 213 cm³/mol. The maximum absolute atomic E-state index is 14.7. The van der Waals surface area contributed by atoms with Crippen molar-refractivity contribution in [3.05, 3.63) is 0 Å². The van der Waals surface area contributed by atoms with Crippen LogP contribution in [-0.2, 0) is 9.53 Å². The Labute approximate surface area is 310 Å². The highest BCUT2D eigenvalue weighted by atomic mass is 19.1. The molecule has 0 heterocycles. The van der Waals surface area contributed by atoms with E-state index in [4.69, 9.17) is 4.74 Å². The van der Waals surface area contributed by atoms with Crippen LogP contribution in [0.1, 0.15) is 239 Å². The van der Waals surface area contributed by atoms with Crippen molar-refractivity contribution >= 4 is 12.1 Å². The largest absolute Gasteiger partial charge is 0.481 e. The zero-order valence-electron chi connectivity index (χ0n) is 33.7. The number of unbranched alkanes of at least 4 members (excludes halogenated alkanes) is 29. The molecule has 0 bridgehead atoms. The first-order valence-corrected chi connectivity index (χ1v) is 22.2. The summed E-state index contributed by atoms with van der Waals surface area (Å²) in [5, 5.41) is 12.5. The summed E-state index contributed by atoms with van der Waals surface area (Å²) in [5.41, 5.74) is 0. The van der Waals surface area contributed by atoms with E-state index in [1.165, 1.54) is 128 Å². The van der Waals surface area contributed by atoms with E-state index in [0.717, 1.165) is 77.0 Å². The third kappa shape index (κ3) is 33.8. The van der Waals surface area contributed by atoms with Gasteiger partial charge in [0, 0.05) is 12.5 Å². The number of aliphatic carboxylic acids is 1. The molecular weight excluding hydrogens is 625 g/mol. The average Bonchev–Trinajstić information content (AvgIpc) is 3.10. The van der Waals surface area contributed by atoms with Crippen molar-refractivity contribution in [2.75, 3.05) is 13.2 Å². The number of rotatable bonds is 40. The van der Waals surface area contributed by atoms with Crippen LogP contribution in [0.2, 0.25) is 0 Å². The van der Waals surface area contributed by atoms with Crippen molar-refractivity contribution in [1.29, 1.82) is 0 Å². The lowest BCUT2D eigenvalue weighted by atomic mass is 9.84. The molecule has 50 heavy (non-hydrogen) atoms. The Morgan fingerprint density at radius 2 is 0.860 bits per heavy atom. The third-order valence-electron chi connectivity index (χ3n) is 10.8. The molecule has 0 fully saturated rings. The molecule has 0 aliphatic heterocycles. The summed E-state index contributed by atoms with van der Waals surface area (Å²) in [6, 6.07) is 0. The molecule has 0 aliphatic rings. The number of halogens is 1. The van der Waals surface area contributed by atoms with E-state index in [0.29, 0.717) is 26.0 Å². The van der Waals surface area contributed by atoms with E-state index in [2.05, 4.69) is 19.2 Å². The summed E-state index contributed by atoms with van der Waals surface area (Å²) < 4.78 is 20.0. The highest BCUT2D eigenvalue weighted by Crippen LogP contribution is 2.28. The van der Waals surface area contributed by atoms with Crippen LogP contribution in [-0.4, -0.2) is 36.5 Å². The van der Waals surface area contributed by atoms with Gasteiger partial charge in [-0.3, -0.25) is 4.79 Å². The van der Waals surface area contributed by atoms with Crippen LogP contribution in [0.4, 0.5) is 9.18 Å². The smallest absolute Gasteiger partial charge is 0.407 e. The molecule has 3 atom stereocenters. The number of ether oxygens (including phenoxy) is 1. The van der Waals surface area contributed by atoms with E-state index in [1.54, 1.807) is 6.92 Å². The van der Waals surface area contributed by atoms with Gasteiger partial charge in [-0.05, 0) is 25.7 Å². The average molecular weight is 712 g/mol. The lowest BCUT2D eigenvalue weighted by molar-refractivity contribution is -0.144. The van der Waals surface area contributed by atoms with Crippen molar-refractivity contribution < 1.29 is 23.8 Å². The Bertz CT molecular complexity index is 720. The summed E-state index contributed by atoms with van der Waals surface area (Å²) in [5.74, 6) is -1.85. The minimum atomic E-state index is -1.02. The number of hydrogen-bond acceptors (Lipinski definition) is 3. The van der Waals surface area contributed by atoms with Crippen LogP contribution in [0.15, 0.2) is 0 Å². The van der Waals surface area contributed by atoms with Gasteiger partial charge in [0.25, 0.3) is 0 Å². The van der Waals surface area contributed by atoms with Crippen LogP contribution >= 0.6 is 0 Å². The minimum Gasteiger partial charge on any atom is -0.481 e. The fraction of sp³-hybridized carbons (Fsp3) is 0.955. The van der Waals surface area contributed by atoms with Crippen LogP contribution < -0.4 is 5.32 Å². The quantitative estimate of drug-likeness (QED) is 0.0620. The van der Waals surface area contributed by atoms with Crippen molar-refractivity contribution in [2.45, 2.75) is 245 Å². The summed E-state index contributed by atoms with van der Waals surface area (Å²) in [6.45, 7) is 7.40. The van der Waals surface area contributed by atoms with Gasteiger partial charge in [0.1, 0.15) is 6.17 Å². The van der Waals surface area contributed by atoms with Crippen molar-refractivity contribution in [3.63, 3.8) is 0 Å². The number of alkyl carbamates (subject to hydrolysis) is 1. The Hall–Kier alpha value is -1.33. The molecule has 0 saturated carbocycles. The molecule has 0 radical (unpaired) electrons. The molecule has 0 aromatic carbocycles. The molecule has 5 nitrogen and oxygen atoms in total. The van der Waals surface area contributed by atoms with Gasteiger partial charge in [0.05, 0.1) is 12.5 Å². The molecule has 6 heteroatoms. The van der Waals surface area contributed by atoms with E-state index < -0.39 is 24.0 Å². The topological polar surface area (TPSA) is 75.6 Å². The van der Waals surface area contributed by atoms with Crippen molar-refractivity contribution in [3.8, 4) is 0 Å². The zero-order valence-corrected chi connectivity index (χ0v) is 33.7. The Morgan fingerprint density at radius 1 is 0.520 bits per heavy atom. The van der Waals surface area contributed by atoms with Gasteiger partial charge < -0.3 is 15.2 Å². The fourth-order valence-corrected chi connectivity index (χ4v) is 7.21. The second-order valence-electron chi connectivity index (χ2n) is 15.6. The zero-order chi connectivity index (χ0) is 36.8. The first-order chi connectivity index (χ1) is 24.4. The molecule has 0 aliphatic carbocycles. The summed E-state index contributed by atoms with van der Waals surface area (Å²) in [4.78, 5) is 23.7. The van der Waals surface area contributed by atoms with Gasteiger partial charge in [-0.15, -0.1) is 0 Å². The van der Waals surface area contributed by atoms with Gasteiger partial charge in [-0.1, -0.05) is 213 Å². The lowest BCUT2D eigenvalue weighted by Gasteiger charge is -2.23. The molecular formula is C44H86FNO4. The number of nitrogens with one attached hydrogen (secondary N) is 1. The summed E-state index contributed by atoms with van der Waals surface area (Å²) >= 11 is 0. The number of hydrogen-bond donors (Lipinski definition) is 2. The van der Waals surface area contributed by atoms with Gasteiger partial charge in [-0.2, -0.15) is 0 Å². The van der Waals surface area contributed by atoms with Crippen LogP contribution in [0.5, 0.6) is 0 Å². The van der Waals surface area contributed by atoms with Crippen LogP contribution in [0, 0.1) is 11.8 Å². The van der Waals surface area contributed by atoms with Crippen LogP contribution in [0.3, 0.4) is 0 Å². The molecule has 0 saturated heterocycles. The van der Waals surface area contributed by atoms with E-state index in [-0.39, 0.29) is 6.09 Å². The molecule has 298 valence electrons. The molecule has 1 amide bonds. The summed E-state index contributed by atoms with van der Waals surface area (Å²) in [6.07, 6.45) is 39.5. The molecule has 0 aromatic heterocycles. The molecule has 3 unspecified atom stereocenters. The maximum atomic E-state index is 14.7. The second-order valence-corrected chi connectivity index (χ2v) is 15.6. The highest BCUT2D eigenvalue weighted by Gasteiger charge is 2.30. The van der Waals surface area contributed by atoms with E-state index >= 15 is 0 Å². The Balaban J connectivity index is 3.45. The van der Waals surface area contributed by atoms with Crippen molar-refractivity contribution in [1.82, 2.24) is 5.32 Å². The van der Waals surface area contributed by atoms with Crippen molar-refractivity contribution in [2.24, 2.45) is 11.8 Å². The summed E-state index contributed by atoms with van der Waals surface area (Å²) in [7, 11) is 0. The molecule has 0 aromatic rings. The van der Waals surface area contributed by atoms with Gasteiger partial charge >= 0.3 is 12.1 Å². The van der Waals surface area contributed by atoms with Gasteiger partial charge in [-0.25, -0.2) is 9.18 Å². The standard InChI is InChI=1S/C44H86FNO4/c1-4-6-8-10-11-12-13-14-15-16-17-18-19-20-21-22-23-27-31-35-39-50-44(49)46-38-34-30-26-24-25-29-32-36-41(43(47)48)40(3)42(45)37-33-28-9-7-5-2/h40-42H,4-39H2,1-3H3,(H,46,49)(H,47,48). The number of alkyl halides is 1. The van der Waals surface area contributed by atoms with Crippen LogP contribution in [0.25, 0.3) is 0 Å². The predicted octanol–water partition coefficient (Wildman–Crippen LogP) is 14.7. The molecule has 0 rings (SSSR count). The van der Waals surface area contributed by atoms with E-state index in [9.17, 15) is 19.1 Å². The maximum Gasteiger partial charge on any atom is 0.407 e. The Morgan fingerprint density at radius 3 is 1.26 bits per heavy atom. The number of carboxylic acids is 1. The lowest BCUT2D eigenvalue weighted by Crippen LogP contribution is -2.28. The number of carbonyl (C=O) groups excluding carboxylic acids is 1. The molecule has 0 spiro atoms. The fourth-order valence-electron chi connectivity index (χ4n) is 7.21. The number of carboxylic acid groups (broad SMARTS) is 1. The number of carbonyl (C=O) groups is 2. The first-order valence-electron chi connectivity index (χ1n) is 22.2.